The van der Waals surface area contributed by atoms with E-state index in [0.717, 1.165) is 27.6 Å². The molecule has 0 aliphatic carbocycles. The van der Waals surface area contributed by atoms with Crippen molar-refractivity contribution in [1.82, 2.24) is 19.2 Å². The summed E-state index contributed by atoms with van der Waals surface area (Å²) in [5.41, 5.74) is 1.93. The van der Waals surface area contributed by atoms with Gasteiger partial charge in [-0.25, -0.2) is 17.8 Å². The summed E-state index contributed by atoms with van der Waals surface area (Å²) in [4.78, 5) is 16.7. The monoisotopic (exact) mass is 430 g/mol. The third-order valence-electron chi connectivity index (χ3n) is 4.65. The van der Waals surface area contributed by atoms with Crippen molar-refractivity contribution >= 4 is 15.9 Å². The van der Waals surface area contributed by atoms with Crippen LogP contribution in [0.4, 0.5) is 4.39 Å². The van der Waals surface area contributed by atoms with Crippen LogP contribution in [0, 0.1) is 12.7 Å². The van der Waals surface area contributed by atoms with Gasteiger partial charge in [-0.3, -0.25) is 4.79 Å². The van der Waals surface area contributed by atoms with E-state index in [0.29, 0.717) is 0 Å². The molecule has 0 aliphatic rings. The Balaban J connectivity index is 1.70. The van der Waals surface area contributed by atoms with Crippen LogP contribution in [0.25, 0.3) is 5.69 Å². The summed E-state index contributed by atoms with van der Waals surface area (Å²) >= 11 is 0. The minimum atomic E-state index is -3.71. The molecular weight excluding hydrogens is 407 g/mol. The van der Waals surface area contributed by atoms with E-state index < -0.39 is 28.3 Å². The largest absolute Gasteiger partial charge is 0.351 e. The molecule has 1 heterocycles. The summed E-state index contributed by atoms with van der Waals surface area (Å²) in [7, 11) is -3.71. The number of imidazole rings is 1. The number of para-hydroxylation sites is 1. The van der Waals surface area contributed by atoms with Crippen molar-refractivity contribution in [1.29, 1.82) is 0 Å². The second kappa shape index (κ2) is 9.19. The Morgan fingerprint density at radius 1 is 1.13 bits per heavy atom. The lowest BCUT2D eigenvalue weighted by atomic mass is 10.1. The van der Waals surface area contributed by atoms with Crippen LogP contribution >= 0.6 is 0 Å². The fourth-order valence-electron chi connectivity index (χ4n) is 3.04. The molecule has 0 fully saturated rings. The summed E-state index contributed by atoms with van der Waals surface area (Å²) in [5, 5.41) is 2.75. The van der Waals surface area contributed by atoms with Crippen molar-refractivity contribution in [2.24, 2.45) is 0 Å². The van der Waals surface area contributed by atoms with Crippen LogP contribution in [0.2, 0.25) is 0 Å². The van der Waals surface area contributed by atoms with E-state index in [1.54, 1.807) is 12.3 Å². The highest BCUT2D eigenvalue weighted by molar-refractivity contribution is 7.88. The van der Waals surface area contributed by atoms with Gasteiger partial charge in [0.25, 0.3) is 0 Å². The first-order valence-electron chi connectivity index (χ1n) is 9.29. The standard InChI is InChI=1S/C21H23FN4O3S/c1-16-23-11-12-26(16)20-10-6-4-7-17(20)13-24-21(27)15-25(30(2,28)29)14-18-8-3-5-9-19(18)22/h3-12H,13-15H2,1-2H3,(H,24,27). The average molecular weight is 431 g/mol. The lowest BCUT2D eigenvalue weighted by Gasteiger charge is -2.20. The van der Waals surface area contributed by atoms with Gasteiger partial charge in [-0.05, 0) is 24.6 Å². The van der Waals surface area contributed by atoms with Gasteiger partial charge < -0.3 is 9.88 Å². The lowest BCUT2D eigenvalue weighted by molar-refractivity contribution is -0.121. The molecule has 0 unspecified atom stereocenters. The first kappa shape index (κ1) is 21.7. The molecule has 3 aromatic rings. The summed E-state index contributed by atoms with van der Waals surface area (Å²) in [6.07, 6.45) is 4.52. The van der Waals surface area contributed by atoms with Crippen molar-refractivity contribution in [3.05, 3.63) is 83.7 Å². The van der Waals surface area contributed by atoms with Gasteiger partial charge in [0.05, 0.1) is 18.5 Å². The molecule has 0 radical (unpaired) electrons. The highest BCUT2D eigenvalue weighted by Gasteiger charge is 2.22. The second-order valence-corrected chi connectivity index (χ2v) is 8.85. The number of amides is 1. The van der Waals surface area contributed by atoms with E-state index >= 15 is 0 Å². The van der Waals surface area contributed by atoms with E-state index in [1.165, 1.54) is 18.2 Å². The predicted molar refractivity (Wildman–Crippen MR) is 112 cm³/mol. The molecule has 1 N–H and O–H groups in total. The SMILES string of the molecule is Cc1nccn1-c1ccccc1CNC(=O)CN(Cc1ccccc1F)S(C)(=O)=O. The maximum atomic E-state index is 13.9. The molecular formula is C21H23FN4O3S. The van der Waals surface area contributed by atoms with Crippen LogP contribution in [0.1, 0.15) is 17.0 Å². The van der Waals surface area contributed by atoms with Crippen molar-refractivity contribution in [2.45, 2.75) is 20.0 Å². The Morgan fingerprint density at radius 2 is 1.80 bits per heavy atom. The molecule has 3 rings (SSSR count). The molecule has 2 aromatic carbocycles. The number of rotatable bonds is 8. The molecule has 9 heteroatoms. The zero-order valence-corrected chi connectivity index (χ0v) is 17.6. The Bertz CT molecular complexity index is 1140. The summed E-state index contributed by atoms with van der Waals surface area (Å²) in [6.45, 7) is 1.47. The smallest absolute Gasteiger partial charge is 0.235 e. The number of nitrogens with zero attached hydrogens (tertiary/aromatic N) is 3. The number of aryl methyl sites for hydroxylation is 1. The van der Waals surface area contributed by atoms with Gasteiger partial charge in [0.2, 0.25) is 15.9 Å². The number of aromatic nitrogens is 2. The molecule has 0 spiro atoms. The normalized spacial score (nSPS) is 11.6. The summed E-state index contributed by atoms with van der Waals surface area (Å²) < 4.78 is 41.0. The number of halogens is 1. The van der Waals surface area contributed by atoms with Crippen LogP contribution in [0.15, 0.2) is 60.9 Å². The van der Waals surface area contributed by atoms with Crippen LogP contribution in [-0.4, -0.2) is 41.0 Å². The lowest BCUT2D eigenvalue weighted by Crippen LogP contribution is -2.39. The van der Waals surface area contributed by atoms with Gasteiger partial charge in [0.15, 0.2) is 0 Å². The van der Waals surface area contributed by atoms with E-state index in [-0.39, 0.29) is 18.7 Å². The number of sulfonamides is 1. The van der Waals surface area contributed by atoms with Crippen LogP contribution in [0.3, 0.4) is 0 Å². The zero-order chi connectivity index (χ0) is 21.7. The summed E-state index contributed by atoms with van der Waals surface area (Å²) in [5.74, 6) is -0.188. The number of carbonyl (C=O) groups is 1. The number of hydrogen-bond donors (Lipinski definition) is 1. The topological polar surface area (TPSA) is 84.3 Å². The number of benzene rings is 2. The fourth-order valence-corrected chi connectivity index (χ4v) is 3.77. The Kier molecular flexibility index (Phi) is 6.63. The average Bonchev–Trinajstić information content (AvgIpc) is 3.12. The highest BCUT2D eigenvalue weighted by atomic mass is 32.2. The van der Waals surface area contributed by atoms with Crippen molar-refractivity contribution < 1.29 is 17.6 Å². The van der Waals surface area contributed by atoms with E-state index in [4.69, 9.17) is 0 Å². The third-order valence-corrected chi connectivity index (χ3v) is 5.84. The molecule has 0 bridgehead atoms. The zero-order valence-electron chi connectivity index (χ0n) is 16.7. The molecule has 0 aliphatic heterocycles. The van der Waals surface area contributed by atoms with Gasteiger partial charge >= 0.3 is 0 Å². The van der Waals surface area contributed by atoms with E-state index in [2.05, 4.69) is 10.3 Å². The summed E-state index contributed by atoms with van der Waals surface area (Å²) in [6, 6.07) is 13.4. The van der Waals surface area contributed by atoms with Crippen molar-refractivity contribution in [3.8, 4) is 5.69 Å². The number of nitrogens with one attached hydrogen (secondary N) is 1. The minimum absolute atomic E-state index is 0.205. The third kappa shape index (κ3) is 5.31. The van der Waals surface area contributed by atoms with Crippen molar-refractivity contribution in [3.63, 3.8) is 0 Å². The van der Waals surface area contributed by atoms with Gasteiger partial charge in [-0.1, -0.05) is 36.4 Å². The van der Waals surface area contributed by atoms with Gasteiger partial charge in [-0.15, -0.1) is 0 Å². The van der Waals surface area contributed by atoms with Crippen LogP contribution in [-0.2, 0) is 27.9 Å². The van der Waals surface area contributed by atoms with E-state index in [1.807, 2.05) is 42.0 Å². The molecule has 0 saturated heterocycles. The maximum absolute atomic E-state index is 13.9. The quantitative estimate of drug-likeness (QED) is 0.595. The van der Waals surface area contributed by atoms with Crippen LogP contribution < -0.4 is 5.32 Å². The first-order valence-corrected chi connectivity index (χ1v) is 11.1. The van der Waals surface area contributed by atoms with Gasteiger partial charge in [0, 0.05) is 31.0 Å². The number of carbonyl (C=O) groups excluding carboxylic acids is 1. The molecule has 30 heavy (non-hydrogen) atoms. The fraction of sp³-hybridized carbons (Fsp3) is 0.238. The second-order valence-electron chi connectivity index (χ2n) is 6.87. The molecule has 0 saturated carbocycles. The minimum Gasteiger partial charge on any atom is -0.351 e. The van der Waals surface area contributed by atoms with E-state index in [9.17, 15) is 17.6 Å². The Hall–Kier alpha value is -3.04. The first-order chi connectivity index (χ1) is 14.3. The number of hydrogen-bond acceptors (Lipinski definition) is 4. The predicted octanol–water partition coefficient (Wildman–Crippen LogP) is 2.40. The van der Waals surface area contributed by atoms with Crippen molar-refractivity contribution in [2.75, 3.05) is 12.8 Å². The van der Waals surface area contributed by atoms with Gasteiger partial charge in [-0.2, -0.15) is 4.31 Å². The molecule has 158 valence electrons. The molecule has 1 amide bonds. The van der Waals surface area contributed by atoms with Crippen LogP contribution in [0.5, 0.6) is 0 Å². The molecule has 1 aromatic heterocycles. The Morgan fingerprint density at radius 3 is 2.43 bits per heavy atom. The highest BCUT2D eigenvalue weighted by Crippen LogP contribution is 2.16. The van der Waals surface area contributed by atoms with Gasteiger partial charge in [0.1, 0.15) is 11.6 Å². The Labute approximate surface area is 175 Å². The molecule has 0 atom stereocenters. The molecule has 7 nitrogen and oxygen atoms in total. The maximum Gasteiger partial charge on any atom is 0.235 e.